The van der Waals surface area contributed by atoms with Crippen molar-refractivity contribution in [3.8, 4) is 0 Å². The van der Waals surface area contributed by atoms with E-state index >= 15 is 0 Å². The average molecular weight is 277 g/mol. The van der Waals surface area contributed by atoms with E-state index in [-0.39, 0.29) is 5.56 Å². The van der Waals surface area contributed by atoms with Crippen LogP contribution in [0.3, 0.4) is 0 Å². The predicted octanol–water partition coefficient (Wildman–Crippen LogP) is 2.83. The van der Waals surface area contributed by atoms with Crippen LogP contribution >= 0.6 is 15.9 Å². The number of hydrogen-bond acceptors (Lipinski definition) is 2. The number of halogens is 2. The molecule has 0 aliphatic rings. The summed E-state index contributed by atoms with van der Waals surface area (Å²) in [6.07, 6.45) is 0.358. The van der Waals surface area contributed by atoms with Gasteiger partial charge in [-0.15, -0.1) is 0 Å². The van der Waals surface area contributed by atoms with Crippen molar-refractivity contribution < 1.29 is 14.2 Å². The first-order valence-electron chi connectivity index (χ1n) is 4.64. The van der Waals surface area contributed by atoms with Crippen LogP contribution in [0.4, 0.5) is 4.39 Å². The molecule has 1 atom stereocenters. The van der Waals surface area contributed by atoms with Gasteiger partial charge in [0.15, 0.2) is 0 Å². The fraction of sp³-hybridized carbons (Fsp3) is 0.455. The summed E-state index contributed by atoms with van der Waals surface area (Å²) in [6.45, 7) is 1.97. The maximum atomic E-state index is 13.5. The largest absolute Gasteiger partial charge is 0.385 e. The number of aliphatic hydroxyl groups is 1. The number of benzene rings is 1. The first kappa shape index (κ1) is 12.6. The molecule has 0 radical (unpaired) electrons. The molecular formula is C11H14BrFO2. The van der Waals surface area contributed by atoms with Crippen molar-refractivity contribution >= 4 is 15.9 Å². The third-order valence-electron chi connectivity index (χ3n) is 2.30. The molecule has 0 spiro atoms. The molecule has 15 heavy (non-hydrogen) atoms. The first-order chi connectivity index (χ1) is 6.97. The fourth-order valence-electron chi connectivity index (χ4n) is 1.35. The summed E-state index contributed by atoms with van der Waals surface area (Å²) in [7, 11) is 1.55. The molecule has 84 valence electrons. The zero-order chi connectivity index (χ0) is 11.5. The van der Waals surface area contributed by atoms with Crippen LogP contribution in [0.5, 0.6) is 0 Å². The van der Waals surface area contributed by atoms with Gasteiger partial charge >= 0.3 is 0 Å². The Labute approximate surface area is 97.2 Å². The smallest absolute Gasteiger partial charge is 0.129 e. The zero-order valence-electron chi connectivity index (χ0n) is 8.76. The molecule has 0 aliphatic heterocycles. The highest BCUT2D eigenvalue weighted by Gasteiger charge is 2.26. The maximum absolute atomic E-state index is 13.5. The van der Waals surface area contributed by atoms with Gasteiger partial charge in [0.05, 0.1) is 5.60 Å². The quantitative estimate of drug-likeness (QED) is 0.917. The molecule has 0 aromatic heterocycles. The van der Waals surface area contributed by atoms with Crippen molar-refractivity contribution in [1.29, 1.82) is 0 Å². The van der Waals surface area contributed by atoms with Crippen LogP contribution in [0.25, 0.3) is 0 Å². The van der Waals surface area contributed by atoms with Gasteiger partial charge < -0.3 is 9.84 Å². The molecule has 1 rings (SSSR count). The second kappa shape index (κ2) is 5.05. The van der Waals surface area contributed by atoms with E-state index in [2.05, 4.69) is 15.9 Å². The van der Waals surface area contributed by atoms with Crippen molar-refractivity contribution in [3.05, 3.63) is 34.1 Å². The van der Waals surface area contributed by atoms with Gasteiger partial charge in [0, 0.05) is 30.2 Å². The van der Waals surface area contributed by atoms with Gasteiger partial charge in [0.1, 0.15) is 5.82 Å². The van der Waals surface area contributed by atoms with Gasteiger partial charge in [-0.05, 0) is 25.1 Å². The second-order valence-electron chi connectivity index (χ2n) is 3.64. The third-order valence-corrected chi connectivity index (χ3v) is 2.79. The van der Waals surface area contributed by atoms with Gasteiger partial charge in [-0.2, -0.15) is 0 Å². The van der Waals surface area contributed by atoms with Crippen LogP contribution in [0.1, 0.15) is 18.9 Å². The lowest BCUT2D eigenvalue weighted by atomic mass is 9.92. The summed E-state index contributed by atoms with van der Waals surface area (Å²) in [4.78, 5) is 0. The van der Waals surface area contributed by atoms with E-state index in [1.54, 1.807) is 26.2 Å². The highest BCUT2D eigenvalue weighted by molar-refractivity contribution is 9.10. The molecule has 1 unspecified atom stereocenters. The Morgan fingerprint density at radius 1 is 1.53 bits per heavy atom. The van der Waals surface area contributed by atoms with Crippen molar-refractivity contribution in [2.24, 2.45) is 0 Å². The van der Waals surface area contributed by atoms with Crippen LogP contribution in [-0.4, -0.2) is 18.8 Å². The Morgan fingerprint density at radius 2 is 2.20 bits per heavy atom. The lowest BCUT2D eigenvalue weighted by Crippen LogP contribution is -2.24. The minimum atomic E-state index is -1.20. The van der Waals surface area contributed by atoms with E-state index in [9.17, 15) is 9.50 Å². The molecule has 0 bridgehead atoms. The van der Waals surface area contributed by atoms with Crippen molar-refractivity contribution in [2.45, 2.75) is 18.9 Å². The summed E-state index contributed by atoms with van der Waals surface area (Å²) in [6, 6.07) is 4.52. The highest BCUT2D eigenvalue weighted by Crippen LogP contribution is 2.29. The van der Waals surface area contributed by atoms with Gasteiger partial charge in [-0.1, -0.05) is 15.9 Å². The normalized spacial score (nSPS) is 15.0. The lowest BCUT2D eigenvalue weighted by molar-refractivity contribution is 0.0181. The van der Waals surface area contributed by atoms with E-state index in [4.69, 9.17) is 4.74 Å². The summed E-state index contributed by atoms with van der Waals surface area (Å²) >= 11 is 3.25. The maximum Gasteiger partial charge on any atom is 0.129 e. The molecule has 0 saturated carbocycles. The molecule has 1 N–H and O–H groups in total. The average Bonchev–Trinajstić information content (AvgIpc) is 2.18. The SMILES string of the molecule is COCCC(C)(O)c1cc(Br)ccc1F. The zero-order valence-corrected chi connectivity index (χ0v) is 10.3. The van der Waals surface area contributed by atoms with Gasteiger partial charge in [0.25, 0.3) is 0 Å². The Morgan fingerprint density at radius 3 is 2.80 bits per heavy atom. The van der Waals surface area contributed by atoms with Crippen LogP contribution < -0.4 is 0 Å². The van der Waals surface area contributed by atoms with Crippen LogP contribution in [-0.2, 0) is 10.3 Å². The fourth-order valence-corrected chi connectivity index (χ4v) is 1.71. The number of rotatable bonds is 4. The molecule has 0 fully saturated rings. The summed E-state index contributed by atoms with van der Waals surface area (Å²) in [5.74, 6) is -0.403. The molecule has 1 aromatic rings. The Hall–Kier alpha value is -0.450. The van der Waals surface area contributed by atoms with Crippen molar-refractivity contribution in [1.82, 2.24) is 0 Å². The number of ether oxygens (including phenoxy) is 1. The first-order valence-corrected chi connectivity index (χ1v) is 5.43. The molecule has 1 aromatic carbocycles. The van der Waals surface area contributed by atoms with E-state index in [0.717, 1.165) is 4.47 Å². The third kappa shape index (κ3) is 3.26. The molecule has 4 heteroatoms. The van der Waals surface area contributed by atoms with Crippen LogP contribution in [0.15, 0.2) is 22.7 Å². The standard InChI is InChI=1S/C11H14BrFO2/c1-11(14,5-6-15-2)9-7-8(12)3-4-10(9)13/h3-4,7,14H,5-6H2,1-2H3. The molecule has 0 amide bonds. The van der Waals surface area contributed by atoms with Crippen LogP contribution in [0, 0.1) is 5.82 Å². The predicted molar refractivity (Wildman–Crippen MR) is 60.2 cm³/mol. The van der Waals surface area contributed by atoms with Gasteiger partial charge in [-0.25, -0.2) is 4.39 Å². The molecule has 0 saturated heterocycles. The molecule has 2 nitrogen and oxygen atoms in total. The second-order valence-corrected chi connectivity index (χ2v) is 4.56. The van der Waals surface area contributed by atoms with E-state index in [1.807, 2.05) is 0 Å². The van der Waals surface area contributed by atoms with Crippen LogP contribution in [0.2, 0.25) is 0 Å². The summed E-state index contributed by atoms with van der Waals surface area (Å²) in [5, 5.41) is 10.1. The lowest BCUT2D eigenvalue weighted by Gasteiger charge is -2.24. The van der Waals surface area contributed by atoms with E-state index in [1.165, 1.54) is 6.07 Å². The van der Waals surface area contributed by atoms with Gasteiger partial charge in [0.2, 0.25) is 0 Å². The summed E-state index contributed by atoms with van der Waals surface area (Å²) < 4.78 is 19.1. The van der Waals surface area contributed by atoms with Gasteiger partial charge in [-0.3, -0.25) is 0 Å². The number of hydrogen-bond donors (Lipinski definition) is 1. The van der Waals surface area contributed by atoms with Crippen molar-refractivity contribution in [3.63, 3.8) is 0 Å². The Bertz CT molecular complexity index is 339. The monoisotopic (exact) mass is 276 g/mol. The van der Waals surface area contributed by atoms with E-state index in [0.29, 0.717) is 13.0 Å². The molecule has 0 heterocycles. The summed E-state index contributed by atoms with van der Waals surface area (Å²) in [5.41, 5.74) is -0.918. The Balaban J connectivity index is 2.97. The van der Waals surface area contributed by atoms with Crippen molar-refractivity contribution in [2.75, 3.05) is 13.7 Å². The Kier molecular flexibility index (Phi) is 4.25. The topological polar surface area (TPSA) is 29.5 Å². The minimum absolute atomic E-state index is 0.286. The molecular weight excluding hydrogens is 263 g/mol. The van der Waals surface area contributed by atoms with E-state index < -0.39 is 11.4 Å². The minimum Gasteiger partial charge on any atom is -0.385 e. The number of methoxy groups -OCH3 is 1. The highest BCUT2D eigenvalue weighted by atomic mass is 79.9. The molecule has 0 aliphatic carbocycles.